The van der Waals surface area contributed by atoms with E-state index in [4.69, 9.17) is 9.47 Å². The minimum atomic E-state index is -3.72. The first-order valence-electron chi connectivity index (χ1n) is 7.01. The van der Waals surface area contributed by atoms with E-state index in [1.165, 1.54) is 19.2 Å². The number of hydrogen-bond acceptors (Lipinski definition) is 5. The van der Waals surface area contributed by atoms with Gasteiger partial charge in [-0.2, -0.15) is 0 Å². The SMILES string of the molecule is COc1cccc(S(=O)(=O)NCC(O)COc2ccccc2)c1. The van der Waals surface area contributed by atoms with Crippen LogP contribution in [-0.4, -0.2) is 39.9 Å². The number of sulfonamides is 1. The number of rotatable bonds is 8. The molecule has 0 aromatic heterocycles. The summed E-state index contributed by atoms with van der Waals surface area (Å²) in [5.41, 5.74) is 0. The number of aliphatic hydroxyl groups excluding tert-OH is 1. The molecule has 2 N–H and O–H groups in total. The molecular weight excluding hydrogens is 318 g/mol. The molecule has 1 unspecified atom stereocenters. The highest BCUT2D eigenvalue weighted by Gasteiger charge is 2.16. The van der Waals surface area contributed by atoms with Crippen LogP contribution in [0.4, 0.5) is 0 Å². The van der Waals surface area contributed by atoms with Crippen LogP contribution in [-0.2, 0) is 10.0 Å². The first kappa shape index (κ1) is 17.3. The van der Waals surface area contributed by atoms with Gasteiger partial charge in [0.15, 0.2) is 0 Å². The Hall–Kier alpha value is -2.09. The first-order chi connectivity index (χ1) is 11.0. The Labute approximate surface area is 135 Å². The van der Waals surface area contributed by atoms with Gasteiger partial charge in [0.05, 0.1) is 12.0 Å². The standard InChI is InChI=1S/C16H19NO5S/c1-21-15-8-5-9-16(10-15)23(19,20)17-11-13(18)12-22-14-6-3-2-4-7-14/h2-10,13,17-18H,11-12H2,1H3. The molecule has 1 atom stereocenters. The molecule has 7 heteroatoms. The van der Waals surface area contributed by atoms with E-state index in [2.05, 4.69) is 4.72 Å². The molecule has 2 aromatic carbocycles. The van der Waals surface area contributed by atoms with Crippen molar-refractivity contribution in [2.75, 3.05) is 20.3 Å². The summed E-state index contributed by atoms with van der Waals surface area (Å²) in [7, 11) is -2.25. The second kappa shape index (κ2) is 7.96. The van der Waals surface area contributed by atoms with Crippen molar-refractivity contribution in [3.8, 4) is 11.5 Å². The minimum absolute atomic E-state index is 0.00928. The Morgan fingerprint density at radius 2 is 1.78 bits per heavy atom. The van der Waals surface area contributed by atoms with Crippen molar-refractivity contribution in [3.05, 3.63) is 54.6 Å². The number of hydrogen-bond donors (Lipinski definition) is 2. The fourth-order valence-corrected chi connectivity index (χ4v) is 2.93. The van der Waals surface area contributed by atoms with Crippen LogP contribution in [0.15, 0.2) is 59.5 Å². The second-order valence-electron chi connectivity index (χ2n) is 4.81. The molecule has 0 amide bonds. The van der Waals surface area contributed by atoms with E-state index in [9.17, 15) is 13.5 Å². The summed E-state index contributed by atoms with van der Waals surface area (Å²) in [6, 6.07) is 15.1. The number of methoxy groups -OCH3 is 1. The van der Waals surface area contributed by atoms with Crippen LogP contribution in [0, 0.1) is 0 Å². The third-order valence-corrected chi connectivity index (χ3v) is 4.47. The van der Waals surface area contributed by atoms with Crippen LogP contribution in [0.1, 0.15) is 0 Å². The van der Waals surface area contributed by atoms with Crippen LogP contribution in [0.3, 0.4) is 0 Å². The van der Waals surface area contributed by atoms with Crippen molar-refractivity contribution < 1.29 is 23.0 Å². The Bertz CT molecular complexity index is 718. The summed E-state index contributed by atoms with van der Waals surface area (Å²) >= 11 is 0. The number of para-hydroxylation sites is 1. The zero-order valence-corrected chi connectivity index (χ0v) is 13.5. The number of nitrogens with one attached hydrogen (secondary N) is 1. The third-order valence-electron chi connectivity index (χ3n) is 3.05. The predicted molar refractivity (Wildman–Crippen MR) is 86.1 cm³/mol. The summed E-state index contributed by atoms with van der Waals surface area (Å²) in [4.78, 5) is 0.0769. The summed E-state index contributed by atoms with van der Waals surface area (Å²) in [5.74, 6) is 1.06. The van der Waals surface area contributed by atoms with Crippen molar-refractivity contribution in [2.45, 2.75) is 11.0 Å². The van der Waals surface area contributed by atoms with Gasteiger partial charge in [0.2, 0.25) is 10.0 Å². The lowest BCUT2D eigenvalue weighted by Crippen LogP contribution is -2.35. The van der Waals surface area contributed by atoms with Crippen LogP contribution in [0.2, 0.25) is 0 Å². The Kier molecular flexibility index (Phi) is 5.97. The van der Waals surface area contributed by atoms with Crippen molar-refractivity contribution in [3.63, 3.8) is 0 Å². The van der Waals surface area contributed by atoms with Gasteiger partial charge in [-0.25, -0.2) is 13.1 Å². The Morgan fingerprint density at radius 3 is 2.48 bits per heavy atom. The molecule has 0 radical (unpaired) electrons. The topological polar surface area (TPSA) is 84.9 Å². The quantitative estimate of drug-likeness (QED) is 0.761. The van der Waals surface area contributed by atoms with Crippen molar-refractivity contribution in [1.82, 2.24) is 4.72 Å². The van der Waals surface area contributed by atoms with Gasteiger partial charge in [-0.05, 0) is 24.3 Å². The molecule has 2 rings (SSSR count). The lowest BCUT2D eigenvalue weighted by Gasteiger charge is -2.14. The maximum absolute atomic E-state index is 12.2. The molecule has 2 aromatic rings. The Balaban J connectivity index is 1.88. The molecule has 0 spiro atoms. The van der Waals surface area contributed by atoms with Crippen LogP contribution < -0.4 is 14.2 Å². The molecule has 0 aliphatic carbocycles. The van der Waals surface area contributed by atoms with E-state index in [-0.39, 0.29) is 18.0 Å². The minimum Gasteiger partial charge on any atom is -0.497 e. The van der Waals surface area contributed by atoms with E-state index >= 15 is 0 Å². The molecule has 6 nitrogen and oxygen atoms in total. The van der Waals surface area contributed by atoms with Crippen molar-refractivity contribution in [2.24, 2.45) is 0 Å². The monoisotopic (exact) mass is 337 g/mol. The third kappa shape index (κ3) is 5.24. The highest BCUT2D eigenvalue weighted by Crippen LogP contribution is 2.16. The van der Waals surface area contributed by atoms with Gasteiger partial charge in [0.25, 0.3) is 0 Å². The maximum Gasteiger partial charge on any atom is 0.240 e. The van der Waals surface area contributed by atoms with Crippen LogP contribution in [0.25, 0.3) is 0 Å². The summed E-state index contributed by atoms with van der Waals surface area (Å²) in [5, 5.41) is 9.84. The van der Waals surface area contributed by atoms with Gasteiger partial charge < -0.3 is 14.6 Å². The van der Waals surface area contributed by atoms with E-state index in [1.54, 1.807) is 24.3 Å². The molecular formula is C16H19NO5S. The fraction of sp³-hybridized carbons (Fsp3) is 0.250. The smallest absolute Gasteiger partial charge is 0.240 e. The van der Waals surface area contributed by atoms with Crippen LogP contribution >= 0.6 is 0 Å². The zero-order valence-electron chi connectivity index (χ0n) is 12.7. The summed E-state index contributed by atoms with van der Waals surface area (Å²) in [6.07, 6.45) is -0.962. The van der Waals surface area contributed by atoms with Crippen molar-refractivity contribution in [1.29, 1.82) is 0 Å². The van der Waals surface area contributed by atoms with Gasteiger partial charge in [-0.3, -0.25) is 0 Å². The normalized spacial score (nSPS) is 12.6. The first-order valence-corrected chi connectivity index (χ1v) is 8.49. The lowest BCUT2D eigenvalue weighted by atomic mass is 10.3. The fourth-order valence-electron chi connectivity index (χ4n) is 1.83. The van der Waals surface area contributed by atoms with Gasteiger partial charge >= 0.3 is 0 Å². The molecule has 0 fully saturated rings. The summed E-state index contributed by atoms with van der Waals surface area (Å²) < 4.78 is 37.0. The zero-order chi connectivity index (χ0) is 16.7. The molecule has 0 saturated carbocycles. The molecule has 23 heavy (non-hydrogen) atoms. The maximum atomic E-state index is 12.2. The van der Waals surface area contributed by atoms with E-state index in [1.807, 2.05) is 18.2 Å². The van der Waals surface area contributed by atoms with Gasteiger partial charge in [0.1, 0.15) is 24.2 Å². The highest BCUT2D eigenvalue weighted by molar-refractivity contribution is 7.89. The molecule has 0 aliphatic heterocycles. The van der Waals surface area contributed by atoms with Gasteiger partial charge in [-0.15, -0.1) is 0 Å². The lowest BCUT2D eigenvalue weighted by molar-refractivity contribution is 0.111. The average Bonchev–Trinajstić information content (AvgIpc) is 2.59. The Morgan fingerprint density at radius 1 is 1.09 bits per heavy atom. The number of aliphatic hydroxyl groups is 1. The van der Waals surface area contributed by atoms with E-state index < -0.39 is 16.1 Å². The predicted octanol–water partition coefficient (Wildman–Crippen LogP) is 1.41. The average molecular weight is 337 g/mol. The van der Waals surface area contributed by atoms with Gasteiger partial charge in [-0.1, -0.05) is 24.3 Å². The molecule has 0 heterocycles. The van der Waals surface area contributed by atoms with Crippen LogP contribution in [0.5, 0.6) is 11.5 Å². The second-order valence-corrected chi connectivity index (χ2v) is 6.58. The van der Waals surface area contributed by atoms with Crippen molar-refractivity contribution >= 4 is 10.0 Å². The highest BCUT2D eigenvalue weighted by atomic mass is 32.2. The van der Waals surface area contributed by atoms with E-state index in [0.717, 1.165) is 0 Å². The number of benzene rings is 2. The number of ether oxygens (including phenoxy) is 2. The molecule has 0 bridgehead atoms. The van der Waals surface area contributed by atoms with E-state index in [0.29, 0.717) is 11.5 Å². The molecule has 0 aliphatic rings. The van der Waals surface area contributed by atoms with Gasteiger partial charge in [0, 0.05) is 12.6 Å². The largest absolute Gasteiger partial charge is 0.497 e. The molecule has 0 saturated heterocycles. The summed E-state index contributed by atoms with van der Waals surface area (Å²) in [6.45, 7) is -0.156. The molecule has 124 valence electrons.